The Bertz CT molecular complexity index is 1080. The second kappa shape index (κ2) is 5.08. The quantitative estimate of drug-likeness (QED) is 0.588. The smallest absolute Gasteiger partial charge is 0.119 e. The van der Waals surface area contributed by atoms with Crippen molar-refractivity contribution in [2.75, 3.05) is 7.11 Å². The molecule has 2 N–H and O–H groups in total. The third-order valence-electron chi connectivity index (χ3n) is 4.84. The summed E-state index contributed by atoms with van der Waals surface area (Å²) >= 11 is 0. The van der Waals surface area contributed by atoms with Gasteiger partial charge in [-0.25, -0.2) is 0 Å². The second-order valence-electron chi connectivity index (χ2n) is 6.20. The van der Waals surface area contributed by atoms with Gasteiger partial charge in [-0.3, -0.25) is 4.98 Å². The van der Waals surface area contributed by atoms with E-state index in [1.807, 2.05) is 24.4 Å². The molecule has 0 spiro atoms. The Morgan fingerprint density at radius 2 is 2.00 bits per heavy atom. The monoisotopic (exact) mass is 315 g/mol. The fourth-order valence-electron chi connectivity index (χ4n) is 3.60. The Labute approximate surface area is 139 Å². The van der Waals surface area contributed by atoms with E-state index in [-0.39, 0.29) is 0 Å². The summed E-state index contributed by atoms with van der Waals surface area (Å²) in [5.74, 6) is 0.845. The van der Waals surface area contributed by atoms with Crippen molar-refractivity contribution in [3.05, 3.63) is 59.9 Å². The van der Waals surface area contributed by atoms with Gasteiger partial charge in [-0.1, -0.05) is 24.3 Å². The van der Waals surface area contributed by atoms with Gasteiger partial charge in [0.2, 0.25) is 0 Å². The second-order valence-corrected chi connectivity index (χ2v) is 6.20. The zero-order chi connectivity index (χ0) is 16.1. The highest BCUT2D eigenvalue weighted by Gasteiger charge is 2.17. The van der Waals surface area contributed by atoms with Gasteiger partial charge < -0.3 is 15.0 Å². The van der Waals surface area contributed by atoms with Gasteiger partial charge in [0.15, 0.2) is 0 Å². The van der Waals surface area contributed by atoms with Crippen LogP contribution in [0.25, 0.3) is 32.9 Å². The maximum atomic E-state index is 5.33. The van der Waals surface area contributed by atoms with Gasteiger partial charge in [0.05, 0.1) is 18.3 Å². The lowest BCUT2D eigenvalue weighted by Gasteiger charge is -2.07. The fraction of sp³-hybridized carbons (Fsp3) is 0.150. The van der Waals surface area contributed by atoms with Crippen molar-refractivity contribution in [2.45, 2.75) is 13.1 Å². The third kappa shape index (κ3) is 1.93. The van der Waals surface area contributed by atoms with Gasteiger partial charge in [-0.15, -0.1) is 0 Å². The number of pyridine rings is 1. The molecule has 0 bridgehead atoms. The molecular weight excluding hydrogens is 298 g/mol. The zero-order valence-corrected chi connectivity index (χ0v) is 13.4. The Balaban J connectivity index is 1.75. The summed E-state index contributed by atoms with van der Waals surface area (Å²) in [6, 6.07) is 14.6. The summed E-state index contributed by atoms with van der Waals surface area (Å²) in [5, 5.41) is 7.08. The van der Waals surface area contributed by atoms with Crippen molar-refractivity contribution in [2.24, 2.45) is 0 Å². The van der Waals surface area contributed by atoms with Crippen LogP contribution in [0.4, 0.5) is 0 Å². The summed E-state index contributed by atoms with van der Waals surface area (Å²) in [6.45, 7) is 1.86. The highest BCUT2D eigenvalue weighted by atomic mass is 16.5. The molecule has 2 aromatic heterocycles. The highest BCUT2D eigenvalue weighted by molar-refractivity contribution is 6.08. The number of benzene rings is 2. The first-order valence-electron chi connectivity index (χ1n) is 8.11. The third-order valence-corrected chi connectivity index (χ3v) is 4.84. The van der Waals surface area contributed by atoms with Crippen LogP contribution in [0.15, 0.2) is 48.7 Å². The molecule has 24 heavy (non-hydrogen) atoms. The van der Waals surface area contributed by atoms with E-state index in [0.717, 1.165) is 35.5 Å². The molecule has 0 saturated heterocycles. The maximum absolute atomic E-state index is 5.33. The Hall–Kier alpha value is -2.85. The number of aromatic amines is 1. The summed E-state index contributed by atoms with van der Waals surface area (Å²) in [7, 11) is 1.69. The van der Waals surface area contributed by atoms with Gasteiger partial charge in [0.25, 0.3) is 0 Å². The van der Waals surface area contributed by atoms with Crippen LogP contribution in [-0.4, -0.2) is 17.1 Å². The average Bonchev–Trinajstić information content (AvgIpc) is 3.22. The van der Waals surface area contributed by atoms with Gasteiger partial charge >= 0.3 is 0 Å². The van der Waals surface area contributed by atoms with Gasteiger partial charge in [-0.2, -0.15) is 0 Å². The number of H-pyrrole nitrogens is 1. The largest absolute Gasteiger partial charge is 0.497 e. The molecule has 0 fully saturated rings. The molecule has 0 atom stereocenters. The molecule has 1 aliphatic heterocycles. The predicted octanol–water partition coefficient (Wildman–Crippen LogP) is 3.99. The van der Waals surface area contributed by atoms with E-state index in [1.54, 1.807) is 7.11 Å². The van der Waals surface area contributed by atoms with Gasteiger partial charge in [-0.05, 0) is 23.8 Å². The van der Waals surface area contributed by atoms with Crippen molar-refractivity contribution >= 4 is 21.7 Å². The predicted molar refractivity (Wildman–Crippen MR) is 96.1 cm³/mol. The van der Waals surface area contributed by atoms with Crippen molar-refractivity contribution in [3.8, 4) is 17.0 Å². The summed E-state index contributed by atoms with van der Waals surface area (Å²) in [4.78, 5) is 8.25. The van der Waals surface area contributed by atoms with Crippen LogP contribution in [-0.2, 0) is 13.1 Å². The minimum Gasteiger partial charge on any atom is -0.497 e. The van der Waals surface area contributed by atoms with Crippen molar-refractivity contribution in [1.82, 2.24) is 15.3 Å². The number of hydrogen-bond donors (Lipinski definition) is 2. The standard InChI is InChI=1S/C20H17N3O/c1-24-14-4-2-3-12(7-14)18-8-16-13(9-22-18)5-6-15-17-10-21-11-19(17)23-20(15)16/h2-9,21,23H,10-11H2,1H3. The lowest BCUT2D eigenvalue weighted by Crippen LogP contribution is -2.01. The molecule has 0 amide bonds. The van der Waals surface area contributed by atoms with Crippen molar-refractivity contribution in [3.63, 3.8) is 0 Å². The van der Waals surface area contributed by atoms with E-state index in [1.165, 1.54) is 27.5 Å². The van der Waals surface area contributed by atoms with Crippen LogP contribution in [0.2, 0.25) is 0 Å². The minimum atomic E-state index is 0.845. The SMILES string of the molecule is COc1cccc(-c2cc3c(ccc4c5c([nH]c43)CNC5)cn2)c1. The normalized spacial score (nSPS) is 13.5. The Morgan fingerprint density at radius 1 is 1.04 bits per heavy atom. The highest BCUT2D eigenvalue weighted by Crippen LogP contribution is 2.33. The van der Waals surface area contributed by atoms with Crippen LogP contribution in [0.1, 0.15) is 11.3 Å². The Morgan fingerprint density at radius 3 is 2.92 bits per heavy atom. The molecule has 4 heteroatoms. The number of ether oxygens (including phenoxy) is 1. The average molecular weight is 315 g/mol. The number of hydrogen-bond acceptors (Lipinski definition) is 3. The molecule has 0 unspecified atom stereocenters. The molecule has 4 nitrogen and oxygen atoms in total. The number of nitrogens with zero attached hydrogens (tertiary/aromatic N) is 1. The minimum absolute atomic E-state index is 0.845. The van der Waals surface area contributed by atoms with E-state index >= 15 is 0 Å². The van der Waals surface area contributed by atoms with Crippen LogP contribution in [0.5, 0.6) is 5.75 Å². The lowest BCUT2D eigenvalue weighted by atomic mass is 10.0. The fourth-order valence-corrected chi connectivity index (χ4v) is 3.60. The van der Waals surface area contributed by atoms with Gasteiger partial charge in [0.1, 0.15) is 5.75 Å². The van der Waals surface area contributed by atoms with E-state index in [9.17, 15) is 0 Å². The van der Waals surface area contributed by atoms with Crippen LogP contribution >= 0.6 is 0 Å². The first-order valence-corrected chi connectivity index (χ1v) is 8.11. The summed E-state index contributed by atoms with van der Waals surface area (Å²) in [6.07, 6.45) is 1.95. The van der Waals surface area contributed by atoms with Crippen LogP contribution < -0.4 is 10.1 Å². The molecular formula is C20H17N3O. The summed E-state index contributed by atoms with van der Waals surface area (Å²) < 4.78 is 5.33. The molecule has 4 aromatic rings. The lowest BCUT2D eigenvalue weighted by molar-refractivity contribution is 0.415. The molecule has 118 valence electrons. The molecule has 2 aromatic carbocycles. The number of fused-ring (bicyclic) bond motifs is 5. The summed E-state index contributed by atoms with van der Waals surface area (Å²) in [5.41, 5.74) is 5.94. The molecule has 5 rings (SSSR count). The molecule has 3 heterocycles. The zero-order valence-electron chi connectivity index (χ0n) is 13.4. The first kappa shape index (κ1) is 13.6. The Kier molecular flexibility index (Phi) is 2.87. The van der Waals surface area contributed by atoms with E-state index in [4.69, 9.17) is 4.74 Å². The molecule has 0 aliphatic carbocycles. The van der Waals surface area contributed by atoms with E-state index in [2.05, 4.69) is 39.6 Å². The van der Waals surface area contributed by atoms with Crippen LogP contribution in [0.3, 0.4) is 0 Å². The van der Waals surface area contributed by atoms with Crippen molar-refractivity contribution in [1.29, 1.82) is 0 Å². The molecule has 0 saturated carbocycles. The van der Waals surface area contributed by atoms with Crippen LogP contribution in [0, 0.1) is 0 Å². The van der Waals surface area contributed by atoms with E-state index < -0.39 is 0 Å². The molecule has 1 aliphatic rings. The number of methoxy groups -OCH3 is 1. The van der Waals surface area contributed by atoms with Gasteiger partial charge in [0, 0.05) is 46.7 Å². The number of rotatable bonds is 2. The first-order chi connectivity index (χ1) is 11.8. The van der Waals surface area contributed by atoms with Crippen molar-refractivity contribution < 1.29 is 4.74 Å². The number of nitrogens with one attached hydrogen (secondary N) is 2. The molecule has 0 radical (unpaired) electrons. The maximum Gasteiger partial charge on any atom is 0.119 e. The topological polar surface area (TPSA) is 49.9 Å². The van der Waals surface area contributed by atoms with E-state index in [0.29, 0.717) is 0 Å². The number of aromatic nitrogens is 2.